The van der Waals surface area contributed by atoms with Crippen LogP contribution in [0.4, 0.5) is 0 Å². The summed E-state index contributed by atoms with van der Waals surface area (Å²) in [5.74, 6) is 4.61. The Morgan fingerprint density at radius 1 is 0.867 bits per heavy atom. The molecule has 4 fully saturated rings. The average molecular weight is 435 g/mol. The molecule has 4 nitrogen and oxygen atoms in total. The van der Waals surface area contributed by atoms with Crippen molar-refractivity contribution < 1.29 is 9.59 Å². The van der Waals surface area contributed by atoms with Gasteiger partial charge in [0.25, 0.3) is 0 Å². The molecule has 0 bridgehead atoms. The highest BCUT2D eigenvalue weighted by Gasteiger charge is 2.43. The standard InChI is InChI=1S/C25H46N2O2Si/c1-30(2,29)24-9-8-19-6-7-22(15-23(19)16-24)25(28)27-12-10-20(11-13-27)21-5-3-4-18(14-21)17-26/h18-24,29H,3-17,26H2,1-2H3. The van der Waals surface area contributed by atoms with E-state index in [1.54, 1.807) is 0 Å². The van der Waals surface area contributed by atoms with Gasteiger partial charge in [0.05, 0.1) is 0 Å². The summed E-state index contributed by atoms with van der Waals surface area (Å²) in [4.78, 5) is 26.2. The van der Waals surface area contributed by atoms with Crippen molar-refractivity contribution in [1.29, 1.82) is 0 Å². The minimum absolute atomic E-state index is 0.251. The first-order valence-electron chi connectivity index (χ1n) is 13.1. The minimum atomic E-state index is -2.05. The molecule has 1 aliphatic heterocycles. The molecule has 5 heteroatoms. The summed E-state index contributed by atoms with van der Waals surface area (Å²) in [5.41, 5.74) is 6.49. The van der Waals surface area contributed by atoms with Crippen LogP contribution in [0.1, 0.15) is 77.0 Å². The van der Waals surface area contributed by atoms with Crippen LogP contribution in [0.5, 0.6) is 0 Å². The Labute approximate surface area is 185 Å². The minimum Gasteiger partial charge on any atom is -0.432 e. The van der Waals surface area contributed by atoms with Gasteiger partial charge in [-0.3, -0.25) is 4.79 Å². The molecule has 30 heavy (non-hydrogen) atoms. The summed E-state index contributed by atoms with van der Waals surface area (Å²) in [6.45, 7) is 7.04. The van der Waals surface area contributed by atoms with Gasteiger partial charge in [0.1, 0.15) is 0 Å². The third-order valence-electron chi connectivity index (χ3n) is 9.64. The van der Waals surface area contributed by atoms with E-state index in [-0.39, 0.29) is 5.92 Å². The molecule has 6 unspecified atom stereocenters. The Kier molecular flexibility index (Phi) is 7.31. The third kappa shape index (κ3) is 5.15. The van der Waals surface area contributed by atoms with E-state index in [1.165, 1.54) is 64.2 Å². The molecule has 4 aliphatic rings. The largest absolute Gasteiger partial charge is 0.432 e. The van der Waals surface area contributed by atoms with E-state index < -0.39 is 8.32 Å². The number of amides is 1. The third-order valence-corrected chi connectivity index (χ3v) is 12.2. The number of hydrogen-bond donors (Lipinski definition) is 2. The van der Waals surface area contributed by atoms with Crippen molar-refractivity contribution in [3.63, 3.8) is 0 Å². The van der Waals surface area contributed by atoms with E-state index in [0.717, 1.165) is 56.1 Å². The number of nitrogens with two attached hydrogens (primary N) is 1. The lowest BCUT2D eigenvalue weighted by Crippen LogP contribution is -2.46. The molecule has 3 N–H and O–H groups in total. The Hall–Kier alpha value is -0.393. The van der Waals surface area contributed by atoms with E-state index in [9.17, 15) is 9.59 Å². The fourth-order valence-electron chi connectivity index (χ4n) is 7.58. The van der Waals surface area contributed by atoms with Gasteiger partial charge in [-0.1, -0.05) is 25.7 Å². The molecule has 4 rings (SSSR count). The first-order valence-corrected chi connectivity index (χ1v) is 16.1. The molecule has 1 saturated heterocycles. The lowest BCUT2D eigenvalue weighted by Gasteiger charge is -2.45. The molecule has 1 amide bonds. The van der Waals surface area contributed by atoms with Gasteiger partial charge in [0.15, 0.2) is 8.32 Å². The molecule has 3 aliphatic carbocycles. The summed E-state index contributed by atoms with van der Waals surface area (Å²) in [6.07, 6.45) is 14.9. The van der Waals surface area contributed by atoms with E-state index in [4.69, 9.17) is 5.73 Å². The first kappa shape index (κ1) is 22.8. The molecule has 1 heterocycles. The predicted octanol–water partition coefficient (Wildman–Crippen LogP) is 4.77. The van der Waals surface area contributed by atoms with Crippen LogP contribution in [0.25, 0.3) is 0 Å². The van der Waals surface area contributed by atoms with Gasteiger partial charge in [-0.15, -0.1) is 0 Å². The van der Waals surface area contributed by atoms with E-state index >= 15 is 0 Å². The van der Waals surface area contributed by atoms with Gasteiger partial charge < -0.3 is 15.4 Å². The number of rotatable bonds is 4. The molecular weight excluding hydrogens is 388 g/mol. The zero-order valence-corrected chi connectivity index (χ0v) is 20.5. The molecule has 0 spiro atoms. The van der Waals surface area contributed by atoms with Crippen molar-refractivity contribution in [3.05, 3.63) is 0 Å². The lowest BCUT2D eigenvalue weighted by molar-refractivity contribution is -0.139. The normalized spacial score (nSPS) is 38.9. The van der Waals surface area contributed by atoms with Gasteiger partial charge >= 0.3 is 0 Å². The highest BCUT2D eigenvalue weighted by Crippen LogP contribution is 2.49. The van der Waals surface area contributed by atoms with E-state index in [0.29, 0.717) is 17.4 Å². The second-order valence-corrected chi connectivity index (χ2v) is 16.0. The Balaban J connectivity index is 1.27. The number of piperidine rings is 1. The summed E-state index contributed by atoms with van der Waals surface area (Å²) in [7, 11) is -2.05. The zero-order valence-electron chi connectivity index (χ0n) is 19.5. The van der Waals surface area contributed by atoms with Crippen LogP contribution in [0, 0.1) is 35.5 Å². The van der Waals surface area contributed by atoms with E-state index in [2.05, 4.69) is 18.0 Å². The highest BCUT2D eigenvalue weighted by atomic mass is 28.4. The molecule has 3 saturated carbocycles. The second kappa shape index (κ2) is 9.62. The van der Waals surface area contributed by atoms with Crippen LogP contribution in [0.3, 0.4) is 0 Å². The number of likely N-dealkylation sites (tertiary alicyclic amines) is 1. The Morgan fingerprint density at radius 3 is 2.27 bits per heavy atom. The molecular formula is C25H46N2O2Si. The van der Waals surface area contributed by atoms with Crippen molar-refractivity contribution in [2.24, 2.45) is 41.2 Å². The molecule has 0 aromatic heterocycles. The Bertz CT molecular complexity index is 584. The van der Waals surface area contributed by atoms with Crippen molar-refractivity contribution in [2.75, 3.05) is 19.6 Å². The van der Waals surface area contributed by atoms with Crippen LogP contribution in [-0.4, -0.2) is 43.6 Å². The maximum atomic E-state index is 13.4. The maximum Gasteiger partial charge on any atom is 0.225 e. The van der Waals surface area contributed by atoms with Crippen molar-refractivity contribution in [3.8, 4) is 0 Å². The summed E-state index contributed by atoms with van der Waals surface area (Å²) in [5, 5.41) is 0. The molecule has 6 atom stereocenters. The van der Waals surface area contributed by atoms with Gasteiger partial charge in [-0.2, -0.15) is 0 Å². The molecule has 0 aromatic carbocycles. The molecule has 0 radical (unpaired) electrons. The topological polar surface area (TPSA) is 66.6 Å². The SMILES string of the molecule is C[Si](C)(O)C1CCC2CCC(C(=O)N3CCC(C4CCCC(CN)C4)CC3)CC2C1. The fraction of sp³-hybridized carbons (Fsp3) is 0.960. The van der Waals surface area contributed by atoms with Crippen molar-refractivity contribution >= 4 is 14.2 Å². The van der Waals surface area contributed by atoms with Crippen LogP contribution in [-0.2, 0) is 4.79 Å². The van der Waals surface area contributed by atoms with Crippen LogP contribution in [0.2, 0.25) is 18.6 Å². The Morgan fingerprint density at radius 2 is 1.57 bits per heavy atom. The van der Waals surface area contributed by atoms with Gasteiger partial charge in [-0.05, 0) is 106 Å². The molecule has 172 valence electrons. The van der Waals surface area contributed by atoms with Crippen LogP contribution < -0.4 is 5.73 Å². The van der Waals surface area contributed by atoms with Gasteiger partial charge in [0, 0.05) is 19.0 Å². The summed E-state index contributed by atoms with van der Waals surface area (Å²) in [6, 6.07) is 0. The predicted molar refractivity (Wildman–Crippen MR) is 125 cm³/mol. The maximum absolute atomic E-state index is 13.4. The van der Waals surface area contributed by atoms with Crippen molar-refractivity contribution in [2.45, 2.75) is 95.7 Å². The summed E-state index contributed by atoms with van der Waals surface area (Å²) < 4.78 is 0. The lowest BCUT2D eigenvalue weighted by atomic mass is 9.67. The van der Waals surface area contributed by atoms with Gasteiger partial charge in [0.2, 0.25) is 5.91 Å². The second-order valence-electron chi connectivity index (χ2n) is 11.9. The zero-order chi connectivity index (χ0) is 21.3. The van der Waals surface area contributed by atoms with Crippen LogP contribution in [0.15, 0.2) is 0 Å². The number of hydrogen-bond acceptors (Lipinski definition) is 3. The number of carbonyl (C=O) groups excluding carboxylic acids is 1. The van der Waals surface area contributed by atoms with Crippen LogP contribution >= 0.6 is 0 Å². The van der Waals surface area contributed by atoms with Crippen molar-refractivity contribution in [1.82, 2.24) is 4.90 Å². The fourth-order valence-corrected chi connectivity index (χ4v) is 9.34. The van der Waals surface area contributed by atoms with Gasteiger partial charge in [-0.25, -0.2) is 0 Å². The van der Waals surface area contributed by atoms with E-state index in [1.807, 2.05) is 0 Å². The average Bonchev–Trinajstić information content (AvgIpc) is 2.77. The summed E-state index contributed by atoms with van der Waals surface area (Å²) >= 11 is 0. The highest BCUT2D eigenvalue weighted by molar-refractivity contribution is 6.71. The molecule has 0 aromatic rings. The number of fused-ring (bicyclic) bond motifs is 1. The first-order chi connectivity index (χ1) is 14.3. The smallest absolute Gasteiger partial charge is 0.225 e. The number of carbonyl (C=O) groups is 1. The number of nitrogens with zero attached hydrogens (tertiary/aromatic N) is 1. The quantitative estimate of drug-likeness (QED) is 0.626. The monoisotopic (exact) mass is 434 g/mol.